The quantitative estimate of drug-likeness (QED) is 0.459. The number of methoxy groups -OCH3 is 2. The van der Waals surface area contributed by atoms with Gasteiger partial charge in [-0.3, -0.25) is 13.9 Å². The molecule has 0 bridgehead atoms. The molecular weight excluding hydrogens is 489 g/mol. The van der Waals surface area contributed by atoms with Gasteiger partial charge in [-0.25, -0.2) is 12.8 Å². The number of carbonyl (C=O) groups excluding carboxylic acids is 2. The molecule has 9 nitrogen and oxygen atoms in total. The molecule has 0 saturated carbocycles. The highest BCUT2D eigenvalue weighted by molar-refractivity contribution is 7.92. The van der Waals surface area contributed by atoms with Gasteiger partial charge in [-0.1, -0.05) is 25.1 Å². The number of hydrogen-bond donors (Lipinski definition) is 1. The molecule has 198 valence electrons. The zero-order valence-electron chi connectivity index (χ0n) is 21.4. The topological polar surface area (TPSA) is 105 Å². The van der Waals surface area contributed by atoms with Crippen molar-refractivity contribution < 1.29 is 31.9 Å². The van der Waals surface area contributed by atoms with E-state index in [1.54, 1.807) is 12.1 Å². The summed E-state index contributed by atoms with van der Waals surface area (Å²) in [7, 11) is -1.18. The van der Waals surface area contributed by atoms with E-state index in [0.29, 0.717) is 12.2 Å². The maximum Gasteiger partial charge on any atom is 0.244 e. The molecule has 0 aliphatic rings. The highest BCUT2D eigenvalue weighted by Crippen LogP contribution is 2.34. The first kappa shape index (κ1) is 28.9. The van der Waals surface area contributed by atoms with Gasteiger partial charge in [0, 0.05) is 24.2 Å². The van der Waals surface area contributed by atoms with Gasteiger partial charge in [-0.2, -0.15) is 0 Å². The van der Waals surface area contributed by atoms with Gasteiger partial charge in [0.05, 0.1) is 26.2 Å². The van der Waals surface area contributed by atoms with Gasteiger partial charge in [0.1, 0.15) is 29.9 Å². The second-order valence-corrected chi connectivity index (χ2v) is 10.3. The fourth-order valence-electron chi connectivity index (χ4n) is 3.44. The molecule has 36 heavy (non-hydrogen) atoms. The highest BCUT2D eigenvalue weighted by atomic mass is 32.2. The number of amides is 2. The summed E-state index contributed by atoms with van der Waals surface area (Å²) in [6, 6.07) is 9.32. The van der Waals surface area contributed by atoms with E-state index >= 15 is 0 Å². The predicted molar refractivity (Wildman–Crippen MR) is 136 cm³/mol. The summed E-state index contributed by atoms with van der Waals surface area (Å²) in [6.45, 7) is 4.38. The van der Waals surface area contributed by atoms with Crippen molar-refractivity contribution in [3.63, 3.8) is 0 Å². The van der Waals surface area contributed by atoms with Crippen molar-refractivity contribution in [1.29, 1.82) is 0 Å². The molecule has 2 aromatic rings. The van der Waals surface area contributed by atoms with Crippen LogP contribution in [-0.2, 0) is 26.2 Å². The van der Waals surface area contributed by atoms with Crippen molar-refractivity contribution in [1.82, 2.24) is 10.2 Å². The summed E-state index contributed by atoms with van der Waals surface area (Å²) in [5.74, 6) is -1.10. The lowest BCUT2D eigenvalue weighted by molar-refractivity contribution is -0.139. The van der Waals surface area contributed by atoms with Crippen LogP contribution in [0.2, 0.25) is 0 Å². The van der Waals surface area contributed by atoms with Crippen LogP contribution in [0, 0.1) is 5.82 Å². The molecule has 2 atom stereocenters. The Hall–Kier alpha value is -3.34. The molecule has 0 unspecified atom stereocenters. The lowest BCUT2D eigenvalue weighted by Crippen LogP contribution is -2.52. The van der Waals surface area contributed by atoms with E-state index in [1.807, 2.05) is 13.8 Å². The van der Waals surface area contributed by atoms with Gasteiger partial charge in [-0.15, -0.1) is 0 Å². The molecule has 0 aliphatic carbocycles. The summed E-state index contributed by atoms with van der Waals surface area (Å²) in [5, 5.41) is 2.82. The minimum Gasteiger partial charge on any atom is -0.497 e. The number of rotatable bonds is 12. The van der Waals surface area contributed by atoms with Crippen molar-refractivity contribution in [3.8, 4) is 11.5 Å². The lowest BCUT2D eigenvalue weighted by atomic mass is 10.1. The fourth-order valence-corrected chi connectivity index (χ4v) is 4.29. The van der Waals surface area contributed by atoms with Crippen molar-refractivity contribution in [2.75, 3.05) is 31.3 Å². The Morgan fingerprint density at radius 3 is 2.31 bits per heavy atom. The number of hydrogen-bond acceptors (Lipinski definition) is 6. The molecule has 0 spiro atoms. The van der Waals surface area contributed by atoms with Crippen LogP contribution in [0.1, 0.15) is 32.8 Å². The summed E-state index contributed by atoms with van der Waals surface area (Å²) in [5.41, 5.74) is 0.286. The van der Waals surface area contributed by atoms with Crippen LogP contribution in [0.25, 0.3) is 0 Å². The fraction of sp³-hybridized carbons (Fsp3) is 0.440. The Morgan fingerprint density at radius 1 is 1.08 bits per heavy atom. The largest absolute Gasteiger partial charge is 0.497 e. The van der Waals surface area contributed by atoms with Gasteiger partial charge >= 0.3 is 0 Å². The third-order valence-electron chi connectivity index (χ3n) is 5.80. The summed E-state index contributed by atoms with van der Waals surface area (Å²) in [4.78, 5) is 27.7. The van der Waals surface area contributed by atoms with E-state index < -0.39 is 40.2 Å². The molecule has 0 aromatic heterocycles. The normalized spacial score (nSPS) is 12.9. The Balaban J connectivity index is 2.49. The standard InChI is InChI=1S/C25H34FN3O6S/c1-7-17(2)27-25(31)18(3)28(15-19-10-8-9-11-21(19)26)24(30)16-29(36(6,32)33)22-14-20(34-4)12-13-23(22)35-5/h8-14,17-18H,7,15-16H2,1-6H3,(H,27,31)/t17-,18-/m1/s1. The van der Waals surface area contributed by atoms with Gasteiger partial charge in [0.15, 0.2) is 0 Å². The van der Waals surface area contributed by atoms with Gasteiger partial charge < -0.3 is 19.7 Å². The minimum absolute atomic E-state index is 0.0928. The van der Waals surface area contributed by atoms with Gasteiger partial charge in [-0.05, 0) is 38.5 Å². The molecular formula is C25H34FN3O6S. The molecule has 0 heterocycles. The van der Waals surface area contributed by atoms with Crippen LogP contribution >= 0.6 is 0 Å². The molecule has 0 fully saturated rings. The molecule has 11 heteroatoms. The van der Waals surface area contributed by atoms with Crippen molar-refractivity contribution in [2.24, 2.45) is 0 Å². The Bertz CT molecular complexity index is 1170. The molecule has 0 radical (unpaired) electrons. The van der Waals surface area contributed by atoms with Gasteiger partial charge in [0.25, 0.3) is 0 Å². The molecule has 2 rings (SSSR count). The number of nitrogens with one attached hydrogen (secondary N) is 1. The number of halogens is 1. The van der Waals surface area contributed by atoms with Crippen LogP contribution < -0.4 is 19.1 Å². The summed E-state index contributed by atoms with van der Waals surface area (Å²) in [6.07, 6.45) is 1.64. The number of nitrogens with zero attached hydrogens (tertiary/aromatic N) is 2. The summed E-state index contributed by atoms with van der Waals surface area (Å²) < 4.78 is 51.4. The number of carbonyl (C=O) groups is 2. The van der Waals surface area contributed by atoms with Crippen molar-refractivity contribution in [3.05, 3.63) is 53.8 Å². The first-order chi connectivity index (χ1) is 16.9. The first-order valence-electron chi connectivity index (χ1n) is 11.5. The van der Waals surface area contributed by atoms with E-state index in [2.05, 4.69) is 5.32 Å². The number of sulfonamides is 1. The summed E-state index contributed by atoms with van der Waals surface area (Å²) >= 11 is 0. The number of benzene rings is 2. The maximum absolute atomic E-state index is 14.5. The van der Waals surface area contributed by atoms with E-state index in [9.17, 15) is 22.4 Å². The SMILES string of the molecule is CC[C@@H](C)NC(=O)[C@@H](C)N(Cc1ccccc1F)C(=O)CN(c1cc(OC)ccc1OC)S(C)(=O)=O. The zero-order chi connectivity index (χ0) is 27.0. The Morgan fingerprint density at radius 2 is 1.75 bits per heavy atom. The van der Waals surface area contributed by atoms with Crippen molar-refractivity contribution in [2.45, 2.75) is 45.8 Å². The second kappa shape index (κ2) is 12.6. The van der Waals surface area contributed by atoms with Crippen molar-refractivity contribution >= 4 is 27.5 Å². The average Bonchev–Trinajstić information content (AvgIpc) is 2.84. The Labute approximate surface area is 212 Å². The zero-order valence-corrected chi connectivity index (χ0v) is 22.3. The van der Waals surface area contributed by atoms with Crippen LogP contribution in [0.5, 0.6) is 11.5 Å². The monoisotopic (exact) mass is 523 g/mol. The minimum atomic E-state index is -3.98. The maximum atomic E-state index is 14.5. The average molecular weight is 524 g/mol. The molecule has 0 aliphatic heterocycles. The van der Waals surface area contributed by atoms with E-state index in [4.69, 9.17) is 9.47 Å². The smallest absolute Gasteiger partial charge is 0.244 e. The Kier molecular flexibility index (Phi) is 10.1. The van der Waals surface area contributed by atoms with E-state index in [0.717, 1.165) is 10.6 Å². The molecule has 0 saturated heterocycles. The third-order valence-corrected chi connectivity index (χ3v) is 6.93. The van der Waals surface area contributed by atoms with Crippen LogP contribution in [0.15, 0.2) is 42.5 Å². The van der Waals surface area contributed by atoms with Crippen LogP contribution in [0.3, 0.4) is 0 Å². The second-order valence-electron chi connectivity index (χ2n) is 8.41. The number of anilines is 1. The predicted octanol–water partition coefficient (Wildman–Crippen LogP) is 2.94. The first-order valence-corrected chi connectivity index (χ1v) is 13.3. The molecule has 1 N–H and O–H groups in total. The molecule has 2 aromatic carbocycles. The van der Waals surface area contributed by atoms with Gasteiger partial charge in [0.2, 0.25) is 21.8 Å². The van der Waals surface area contributed by atoms with Crippen LogP contribution in [0.4, 0.5) is 10.1 Å². The lowest BCUT2D eigenvalue weighted by Gasteiger charge is -2.32. The highest BCUT2D eigenvalue weighted by Gasteiger charge is 2.32. The van der Waals surface area contributed by atoms with E-state index in [-0.39, 0.29) is 29.6 Å². The van der Waals surface area contributed by atoms with E-state index in [1.165, 1.54) is 56.4 Å². The molecule has 2 amide bonds. The number of ether oxygens (including phenoxy) is 2. The third kappa shape index (κ3) is 7.33. The van der Waals surface area contributed by atoms with Crippen LogP contribution in [-0.4, -0.2) is 64.2 Å².